The van der Waals surface area contributed by atoms with Crippen LogP contribution in [0.5, 0.6) is 5.75 Å². The van der Waals surface area contributed by atoms with Crippen LogP contribution in [-0.2, 0) is 0 Å². The van der Waals surface area contributed by atoms with E-state index >= 15 is 0 Å². The van der Waals surface area contributed by atoms with Crippen LogP contribution in [0.4, 0.5) is 5.69 Å². The summed E-state index contributed by atoms with van der Waals surface area (Å²) in [5, 5.41) is 9.51. The highest BCUT2D eigenvalue weighted by Crippen LogP contribution is 2.30. The molecule has 0 aliphatic rings. The smallest absolute Gasteiger partial charge is 0.359 e. The minimum atomic E-state index is -0.763. The molecular formula is C9H6ClNO3. The van der Waals surface area contributed by atoms with E-state index in [1.54, 1.807) is 6.07 Å². The number of anilines is 1. The quantitative estimate of drug-likeness (QED) is 0.514. The average Bonchev–Trinajstić information content (AvgIpc) is 2.16. The number of nitrogen functional groups attached to an aromatic ring is 1. The van der Waals surface area contributed by atoms with E-state index in [4.69, 9.17) is 21.8 Å². The Bertz CT molecular complexity index is 562. The summed E-state index contributed by atoms with van der Waals surface area (Å²) in [6.07, 6.45) is 0. The monoisotopic (exact) mass is 211 g/mol. The Morgan fingerprint density at radius 1 is 1.43 bits per heavy atom. The highest BCUT2D eigenvalue weighted by molar-refractivity contribution is 6.32. The first-order chi connectivity index (χ1) is 6.59. The molecule has 0 aliphatic heterocycles. The van der Waals surface area contributed by atoms with Crippen molar-refractivity contribution in [3.8, 4) is 5.75 Å². The first-order valence-corrected chi connectivity index (χ1v) is 4.18. The number of benzene rings is 1. The van der Waals surface area contributed by atoms with Gasteiger partial charge in [-0.15, -0.1) is 0 Å². The van der Waals surface area contributed by atoms with E-state index in [2.05, 4.69) is 0 Å². The molecule has 0 amide bonds. The molecule has 1 aromatic heterocycles. The molecule has 1 heterocycles. The number of aromatic hydroxyl groups is 1. The Balaban J connectivity index is 2.99. The first kappa shape index (κ1) is 8.90. The van der Waals surface area contributed by atoms with Crippen LogP contribution in [0, 0.1) is 0 Å². The van der Waals surface area contributed by atoms with Crippen LogP contribution in [-0.4, -0.2) is 5.11 Å². The maximum Gasteiger partial charge on any atom is 0.359 e. The van der Waals surface area contributed by atoms with E-state index in [1.165, 1.54) is 12.1 Å². The molecule has 0 atom stereocenters. The van der Waals surface area contributed by atoms with Crippen molar-refractivity contribution in [2.75, 3.05) is 5.73 Å². The Morgan fingerprint density at radius 2 is 2.14 bits per heavy atom. The van der Waals surface area contributed by atoms with Gasteiger partial charge in [0.25, 0.3) is 0 Å². The Morgan fingerprint density at radius 3 is 2.86 bits per heavy atom. The van der Waals surface area contributed by atoms with E-state index < -0.39 is 5.63 Å². The number of hydrogen-bond acceptors (Lipinski definition) is 4. The molecule has 0 bridgehead atoms. The van der Waals surface area contributed by atoms with Gasteiger partial charge in [-0.3, -0.25) is 0 Å². The lowest BCUT2D eigenvalue weighted by molar-refractivity contribution is 0.468. The molecule has 2 rings (SSSR count). The predicted octanol–water partition coefficient (Wildman–Crippen LogP) is 1.73. The molecule has 3 N–H and O–H groups in total. The summed E-state index contributed by atoms with van der Waals surface area (Å²) in [5.41, 5.74) is 5.46. The van der Waals surface area contributed by atoms with Gasteiger partial charge in [-0.2, -0.15) is 0 Å². The van der Waals surface area contributed by atoms with Crippen LogP contribution in [0.3, 0.4) is 0 Å². The fraction of sp³-hybridized carbons (Fsp3) is 0. The molecular weight excluding hydrogens is 206 g/mol. The third-order valence-corrected chi connectivity index (χ3v) is 2.18. The fourth-order valence-corrected chi connectivity index (χ4v) is 1.32. The number of nitrogens with two attached hydrogens (primary N) is 1. The summed E-state index contributed by atoms with van der Waals surface area (Å²) >= 11 is 5.51. The lowest BCUT2D eigenvalue weighted by Crippen LogP contribution is -1.99. The minimum absolute atomic E-state index is 0.256. The average molecular weight is 212 g/mol. The van der Waals surface area contributed by atoms with Gasteiger partial charge in [0, 0.05) is 5.69 Å². The largest absolute Gasteiger partial charge is 0.505 e. The number of fused-ring (bicyclic) bond motifs is 1. The van der Waals surface area contributed by atoms with Crippen LogP contribution < -0.4 is 11.4 Å². The lowest BCUT2D eigenvalue weighted by atomic mass is 10.2. The third-order valence-electron chi connectivity index (χ3n) is 1.85. The van der Waals surface area contributed by atoms with Crippen LogP contribution in [0.1, 0.15) is 0 Å². The van der Waals surface area contributed by atoms with Crippen LogP contribution in [0.2, 0.25) is 5.02 Å². The Hall–Kier alpha value is -1.68. The molecule has 4 nitrogen and oxygen atoms in total. The zero-order valence-electron chi connectivity index (χ0n) is 6.95. The van der Waals surface area contributed by atoms with Crippen molar-refractivity contribution >= 4 is 28.3 Å². The summed E-state index contributed by atoms with van der Waals surface area (Å²) in [6, 6.07) is 4.56. The van der Waals surface area contributed by atoms with Crippen molar-refractivity contribution in [1.29, 1.82) is 0 Å². The number of halogens is 1. The summed E-state index contributed by atoms with van der Waals surface area (Å²) in [5.74, 6) is -0.301. The van der Waals surface area contributed by atoms with Crippen molar-refractivity contribution in [3.63, 3.8) is 0 Å². The highest BCUT2D eigenvalue weighted by Gasteiger charge is 2.11. The molecule has 5 heteroatoms. The lowest BCUT2D eigenvalue weighted by Gasteiger charge is -2.01. The van der Waals surface area contributed by atoms with Gasteiger partial charge in [0.15, 0.2) is 10.8 Å². The summed E-state index contributed by atoms with van der Waals surface area (Å²) in [7, 11) is 0. The maximum atomic E-state index is 11.0. The van der Waals surface area contributed by atoms with Crippen molar-refractivity contribution in [3.05, 3.63) is 33.6 Å². The van der Waals surface area contributed by atoms with Crippen molar-refractivity contribution in [2.45, 2.75) is 0 Å². The SMILES string of the molecule is Nc1ccc2oc(=O)c(Cl)c(O)c2c1. The van der Waals surface area contributed by atoms with Gasteiger partial charge in [0.2, 0.25) is 0 Å². The second-order valence-electron chi connectivity index (χ2n) is 2.81. The van der Waals surface area contributed by atoms with Crippen molar-refractivity contribution in [2.24, 2.45) is 0 Å². The van der Waals surface area contributed by atoms with Crippen molar-refractivity contribution in [1.82, 2.24) is 0 Å². The normalized spacial score (nSPS) is 10.6. The summed E-state index contributed by atoms with van der Waals surface area (Å²) in [6.45, 7) is 0. The molecule has 0 fully saturated rings. The fourth-order valence-electron chi connectivity index (χ4n) is 1.18. The summed E-state index contributed by atoms with van der Waals surface area (Å²) < 4.78 is 4.83. The van der Waals surface area contributed by atoms with Gasteiger partial charge in [0.1, 0.15) is 5.58 Å². The molecule has 72 valence electrons. The van der Waals surface area contributed by atoms with E-state index in [0.29, 0.717) is 11.1 Å². The number of hydrogen-bond donors (Lipinski definition) is 2. The zero-order chi connectivity index (χ0) is 10.3. The molecule has 0 saturated carbocycles. The maximum absolute atomic E-state index is 11.0. The Labute approximate surface area is 83.5 Å². The molecule has 0 spiro atoms. The van der Waals surface area contributed by atoms with Crippen molar-refractivity contribution < 1.29 is 9.52 Å². The van der Waals surface area contributed by atoms with Gasteiger partial charge in [-0.25, -0.2) is 4.79 Å². The standard InChI is InChI=1S/C9H6ClNO3/c10-7-8(12)5-3-4(11)1-2-6(5)14-9(7)13/h1-3,12H,11H2. The minimum Gasteiger partial charge on any atom is -0.505 e. The topological polar surface area (TPSA) is 76.5 Å². The Kier molecular flexibility index (Phi) is 1.86. The van der Waals surface area contributed by atoms with Crippen LogP contribution in [0.25, 0.3) is 11.0 Å². The van der Waals surface area contributed by atoms with E-state index in [1.807, 2.05) is 0 Å². The second kappa shape index (κ2) is 2.92. The first-order valence-electron chi connectivity index (χ1n) is 3.80. The number of rotatable bonds is 0. The van der Waals surface area contributed by atoms with Gasteiger partial charge >= 0.3 is 5.63 Å². The van der Waals surface area contributed by atoms with Crippen LogP contribution >= 0.6 is 11.6 Å². The van der Waals surface area contributed by atoms with Gasteiger partial charge < -0.3 is 15.3 Å². The van der Waals surface area contributed by atoms with Crippen LogP contribution in [0.15, 0.2) is 27.4 Å². The molecule has 0 aliphatic carbocycles. The molecule has 2 aromatic rings. The van der Waals surface area contributed by atoms with Gasteiger partial charge in [0.05, 0.1) is 5.39 Å². The van der Waals surface area contributed by atoms with Gasteiger partial charge in [-0.05, 0) is 18.2 Å². The molecule has 0 saturated heterocycles. The molecule has 0 radical (unpaired) electrons. The highest BCUT2D eigenvalue weighted by atomic mass is 35.5. The molecule has 0 unspecified atom stereocenters. The van der Waals surface area contributed by atoms with E-state index in [0.717, 1.165) is 0 Å². The molecule has 14 heavy (non-hydrogen) atoms. The second-order valence-corrected chi connectivity index (χ2v) is 3.19. The van der Waals surface area contributed by atoms with Gasteiger partial charge in [-0.1, -0.05) is 11.6 Å². The molecule has 1 aromatic carbocycles. The summed E-state index contributed by atoms with van der Waals surface area (Å²) in [4.78, 5) is 11.0. The predicted molar refractivity (Wildman–Crippen MR) is 53.6 cm³/mol. The third kappa shape index (κ3) is 1.20. The zero-order valence-corrected chi connectivity index (χ0v) is 7.71. The van der Waals surface area contributed by atoms with E-state index in [9.17, 15) is 9.90 Å². The van der Waals surface area contributed by atoms with E-state index in [-0.39, 0.29) is 16.4 Å².